The highest BCUT2D eigenvalue weighted by atomic mass is 19.1. The van der Waals surface area contributed by atoms with Gasteiger partial charge in [-0.15, -0.1) is 0 Å². The van der Waals surface area contributed by atoms with Crippen LogP contribution in [0.2, 0.25) is 0 Å². The van der Waals surface area contributed by atoms with E-state index in [0.29, 0.717) is 0 Å². The predicted molar refractivity (Wildman–Crippen MR) is 58.1 cm³/mol. The second-order valence-electron chi connectivity index (χ2n) is 3.95. The molecular formula is C11H14F2N2O. The van der Waals surface area contributed by atoms with Gasteiger partial charge in [0, 0.05) is 6.07 Å². The highest BCUT2D eigenvalue weighted by Crippen LogP contribution is 2.16. The Bertz CT molecular complexity index is 405. The summed E-state index contributed by atoms with van der Waals surface area (Å²) >= 11 is 0. The maximum Gasteiger partial charge on any atom is 0.244 e. The van der Waals surface area contributed by atoms with Gasteiger partial charge in [0.25, 0.3) is 0 Å². The minimum Gasteiger partial charge on any atom is -0.322 e. The average Bonchev–Trinajstić information content (AvgIpc) is 2.23. The fourth-order valence-electron chi connectivity index (χ4n) is 0.985. The monoisotopic (exact) mass is 228 g/mol. The van der Waals surface area contributed by atoms with Crippen LogP contribution < -0.4 is 10.6 Å². The summed E-state index contributed by atoms with van der Waals surface area (Å²) in [4.78, 5) is 11.7. The van der Waals surface area contributed by atoms with Crippen molar-refractivity contribution in [3.8, 4) is 0 Å². The molecule has 2 N–H and O–H groups in total. The van der Waals surface area contributed by atoms with Crippen LogP contribution in [0.3, 0.4) is 0 Å². The lowest BCUT2D eigenvalue weighted by molar-refractivity contribution is -0.121. The van der Waals surface area contributed by atoms with Crippen molar-refractivity contribution in [1.82, 2.24) is 5.32 Å². The van der Waals surface area contributed by atoms with Crippen LogP contribution in [-0.2, 0) is 4.79 Å². The van der Waals surface area contributed by atoms with Crippen LogP contribution in [0, 0.1) is 11.6 Å². The third-order valence-corrected chi connectivity index (χ3v) is 2.37. The zero-order valence-electron chi connectivity index (χ0n) is 9.40. The molecule has 0 unspecified atom stereocenters. The predicted octanol–water partition coefficient (Wildman–Crippen LogP) is 1.90. The second-order valence-corrected chi connectivity index (χ2v) is 3.95. The van der Waals surface area contributed by atoms with Crippen LogP contribution in [0.4, 0.5) is 14.5 Å². The zero-order chi connectivity index (χ0) is 12.3. The number of halogens is 2. The van der Waals surface area contributed by atoms with Gasteiger partial charge in [-0.05, 0) is 33.0 Å². The van der Waals surface area contributed by atoms with Gasteiger partial charge in [0.2, 0.25) is 5.91 Å². The molecular weight excluding hydrogens is 214 g/mol. The summed E-state index contributed by atoms with van der Waals surface area (Å²) in [5.74, 6) is -1.69. The van der Waals surface area contributed by atoms with Gasteiger partial charge >= 0.3 is 0 Å². The van der Waals surface area contributed by atoms with E-state index in [1.807, 2.05) is 0 Å². The molecule has 1 amide bonds. The third kappa shape index (κ3) is 2.76. The lowest BCUT2D eigenvalue weighted by Crippen LogP contribution is -2.48. The topological polar surface area (TPSA) is 41.1 Å². The Balaban J connectivity index is 2.89. The highest BCUT2D eigenvalue weighted by molar-refractivity contribution is 5.97. The maximum atomic E-state index is 13.2. The molecule has 0 spiro atoms. The first-order valence-electron chi connectivity index (χ1n) is 4.82. The number of rotatable bonds is 3. The van der Waals surface area contributed by atoms with Gasteiger partial charge in [0.15, 0.2) is 0 Å². The SMILES string of the molecule is CNC(C)(C)C(=O)Nc1cc(F)ccc1F. The molecule has 0 atom stereocenters. The van der Waals surface area contributed by atoms with E-state index in [1.54, 1.807) is 20.9 Å². The second kappa shape index (κ2) is 4.57. The minimum atomic E-state index is -0.848. The van der Waals surface area contributed by atoms with Gasteiger partial charge in [-0.3, -0.25) is 4.79 Å². The first kappa shape index (κ1) is 12.6. The lowest BCUT2D eigenvalue weighted by atomic mass is 10.1. The van der Waals surface area contributed by atoms with Crippen molar-refractivity contribution in [1.29, 1.82) is 0 Å². The quantitative estimate of drug-likeness (QED) is 0.829. The summed E-state index contributed by atoms with van der Waals surface area (Å²) in [6.07, 6.45) is 0. The number of carbonyl (C=O) groups excluding carboxylic acids is 1. The van der Waals surface area contributed by atoms with Gasteiger partial charge in [0.1, 0.15) is 11.6 Å². The fourth-order valence-corrected chi connectivity index (χ4v) is 0.985. The molecule has 16 heavy (non-hydrogen) atoms. The van der Waals surface area contributed by atoms with Crippen molar-refractivity contribution in [2.75, 3.05) is 12.4 Å². The summed E-state index contributed by atoms with van der Waals surface area (Å²) < 4.78 is 26.1. The van der Waals surface area contributed by atoms with E-state index in [0.717, 1.165) is 18.2 Å². The van der Waals surface area contributed by atoms with Crippen molar-refractivity contribution in [3.05, 3.63) is 29.8 Å². The molecule has 0 aliphatic rings. The highest BCUT2D eigenvalue weighted by Gasteiger charge is 2.25. The normalized spacial score (nSPS) is 11.3. The minimum absolute atomic E-state index is 0.159. The summed E-state index contributed by atoms with van der Waals surface area (Å²) in [7, 11) is 1.61. The number of hydrogen-bond donors (Lipinski definition) is 2. The number of likely N-dealkylation sites (N-methyl/N-ethyl adjacent to an activating group) is 1. The number of nitrogens with one attached hydrogen (secondary N) is 2. The smallest absolute Gasteiger partial charge is 0.244 e. The summed E-state index contributed by atoms with van der Waals surface area (Å²) in [5.41, 5.74) is -1.01. The van der Waals surface area contributed by atoms with Gasteiger partial charge in [-0.2, -0.15) is 0 Å². The average molecular weight is 228 g/mol. The Kier molecular flexibility index (Phi) is 3.59. The Labute approximate surface area is 92.8 Å². The third-order valence-electron chi connectivity index (χ3n) is 2.37. The van der Waals surface area contributed by atoms with Crippen molar-refractivity contribution >= 4 is 11.6 Å². The number of amides is 1. The van der Waals surface area contributed by atoms with Crippen molar-refractivity contribution in [2.24, 2.45) is 0 Å². The standard InChI is InChI=1S/C11H14F2N2O/c1-11(2,14-3)10(16)15-9-6-7(12)4-5-8(9)13/h4-6,14H,1-3H3,(H,15,16). The molecule has 0 aliphatic carbocycles. The van der Waals surface area contributed by atoms with Crippen LogP contribution in [0.25, 0.3) is 0 Å². The summed E-state index contributed by atoms with van der Waals surface area (Å²) in [6.45, 7) is 3.28. The van der Waals surface area contributed by atoms with Crippen LogP contribution in [0.5, 0.6) is 0 Å². The first-order chi connectivity index (χ1) is 7.36. The molecule has 0 aromatic heterocycles. The molecule has 0 radical (unpaired) electrons. The molecule has 1 aromatic rings. The van der Waals surface area contributed by atoms with Gasteiger partial charge in [-0.25, -0.2) is 8.78 Å². The summed E-state index contributed by atoms with van der Waals surface area (Å²) in [6, 6.07) is 2.91. The molecule has 1 aromatic carbocycles. The van der Waals surface area contributed by atoms with E-state index in [-0.39, 0.29) is 5.69 Å². The van der Waals surface area contributed by atoms with Gasteiger partial charge in [-0.1, -0.05) is 0 Å². The molecule has 0 heterocycles. The van der Waals surface area contributed by atoms with Crippen molar-refractivity contribution < 1.29 is 13.6 Å². The van der Waals surface area contributed by atoms with Crippen LogP contribution >= 0.6 is 0 Å². The summed E-state index contributed by atoms with van der Waals surface area (Å²) in [5, 5.41) is 5.09. The molecule has 0 bridgehead atoms. The molecule has 3 nitrogen and oxygen atoms in total. The zero-order valence-corrected chi connectivity index (χ0v) is 9.40. The van der Waals surface area contributed by atoms with E-state index in [4.69, 9.17) is 0 Å². The van der Waals surface area contributed by atoms with E-state index in [1.165, 1.54) is 0 Å². The number of benzene rings is 1. The fraction of sp³-hybridized carbons (Fsp3) is 0.364. The van der Waals surface area contributed by atoms with Crippen LogP contribution in [0.1, 0.15) is 13.8 Å². The number of hydrogen-bond acceptors (Lipinski definition) is 2. The number of carbonyl (C=O) groups is 1. The molecule has 1 rings (SSSR count). The van der Waals surface area contributed by atoms with Crippen LogP contribution in [-0.4, -0.2) is 18.5 Å². The van der Waals surface area contributed by atoms with Gasteiger partial charge < -0.3 is 10.6 Å². The van der Waals surface area contributed by atoms with E-state index < -0.39 is 23.1 Å². The Morgan fingerprint density at radius 2 is 1.94 bits per heavy atom. The Morgan fingerprint density at radius 3 is 2.50 bits per heavy atom. The molecule has 0 saturated carbocycles. The van der Waals surface area contributed by atoms with E-state index >= 15 is 0 Å². The Hall–Kier alpha value is -1.49. The largest absolute Gasteiger partial charge is 0.322 e. The lowest BCUT2D eigenvalue weighted by Gasteiger charge is -2.22. The number of anilines is 1. The van der Waals surface area contributed by atoms with E-state index in [9.17, 15) is 13.6 Å². The van der Waals surface area contributed by atoms with Crippen molar-refractivity contribution in [3.63, 3.8) is 0 Å². The molecule has 0 saturated heterocycles. The molecule has 5 heteroatoms. The van der Waals surface area contributed by atoms with Crippen molar-refractivity contribution in [2.45, 2.75) is 19.4 Å². The maximum absolute atomic E-state index is 13.2. The Morgan fingerprint density at radius 1 is 1.31 bits per heavy atom. The van der Waals surface area contributed by atoms with E-state index in [2.05, 4.69) is 10.6 Å². The molecule has 0 fully saturated rings. The van der Waals surface area contributed by atoms with Crippen LogP contribution in [0.15, 0.2) is 18.2 Å². The molecule has 88 valence electrons. The molecule has 0 aliphatic heterocycles. The first-order valence-corrected chi connectivity index (χ1v) is 4.82. The van der Waals surface area contributed by atoms with Gasteiger partial charge in [0.05, 0.1) is 11.2 Å².